The zero-order valence-electron chi connectivity index (χ0n) is 8.01. The molecule has 1 heterocycles. The fourth-order valence-electron chi connectivity index (χ4n) is 0.965. The molecule has 0 saturated carbocycles. The molecule has 1 rings (SSSR count). The van der Waals surface area contributed by atoms with Gasteiger partial charge < -0.3 is 16.3 Å². The monoisotopic (exact) mass is 194 g/mol. The van der Waals surface area contributed by atoms with E-state index in [2.05, 4.69) is 15.5 Å². The van der Waals surface area contributed by atoms with Crippen LogP contribution in [0.1, 0.15) is 12.5 Å². The van der Waals surface area contributed by atoms with Crippen LogP contribution in [0.3, 0.4) is 0 Å². The van der Waals surface area contributed by atoms with Gasteiger partial charge in [-0.3, -0.25) is 4.98 Å². The lowest BCUT2D eigenvalue weighted by Crippen LogP contribution is -2.38. The third-order valence-electron chi connectivity index (χ3n) is 1.89. The molecule has 1 aromatic heterocycles. The van der Waals surface area contributed by atoms with Crippen LogP contribution in [0.15, 0.2) is 29.7 Å². The largest absolute Gasteiger partial charge is 0.409 e. The van der Waals surface area contributed by atoms with Crippen molar-refractivity contribution in [2.75, 3.05) is 0 Å². The summed E-state index contributed by atoms with van der Waals surface area (Å²) < 4.78 is 0. The molecule has 5 heteroatoms. The third kappa shape index (κ3) is 3.02. The van der Waals surface area contributed by atoms with Gasteiger partial charge in [0.2, 0.25) is 0 Å². The van der Waals surface area contributed by atoms with E-state index in [9.17, 15) is 0 Å². The van der Waals surface area contributed by atoms with Crippen molar-refractivity contribution in [3.63, 3.8) is 0 Å². The lowest BCUT2D eigenvalue weighted by Gasteiger charge is -2.11. The number of pyridine rings is 1. The molecule has 0 aromatic carbocycles. The molecule has 0 fully saturated rings. The summed E-state index contributed by atoms with van der Waals surface area (Å²) in [7, 11) is 0. The molecule has 0 radical (unpaired) electrons. The van der Waals surface area contributed by atoms with Crippen LogP contribution in [-0.4, -0.2) is 22.1 Å². The molecule has 76 valence electrons. The van der Waals surface area contributed by atoms with Gasteiger partial charge in [0, 0.05) is 18.9 Å². The average molecular weight is 194 g/mol. The van der Waals surface area contributed by atoms with Crippen LogP contribution < -0.4 is 11.1 Å². The molecule has 0 saturated heterocycles. The van der Waals surface area contributed by atoms with Gasteiger partial charge in [0.05, 0.1) is 6.04 Å². The van der Waals surface area contributed by atoms with Crippen LogP contribution in [0.2, 0.25) is 0 Å². The second-order valence-electron chi connectivity index (χ2n) is 2.99. The summed E-state index contributed by atoms with van der Waals surface area (Å²) in [6.45, 7) is 2.47. The maximum Gasteiger partial charge on any atom is 0.156 e. The molecule has 0 bridgehead atoms. The molecular weight excluding hydrogens is 180 g/mol. The molecule has 14 heavy (non-hydrogen) atoms. The van der Waals surface area contributed by atoms with Gasteiger partial charge in [-0.15, -0.1) is 0 Å². The zero-order chi connectivity index (χ0) is 10.4. The highest BCUT2D eigenvalue weighted by atomic mass is 16.4. The minimum absolute atomic E-state index is 0.153. The maximum absolute atomic E-state index is 8.41. The average Bonchev–Trinajstić information content (AvgIpc) is 2.26. The predicted molar refractivity (Wildman–Crippen MR) is 53.9 cm³/mol. The molecule has 1 atom stereocenters. The Labute approximate surface area is 82.6 Å². The summed E-state index contributed by atoms with van der Waals surface area (Å²) >= 11 is 0. The van der Waals surface area contributed by atoms with Crippen molar-refractivity contribution < 1.29 is 5.21 Å². The van der Waals surface area contributed by atoms with E-state index in [0.29, 0.717) is 6.54 Å². The summed E-state index contributed by atoms with van der Waals surface area (Å²) in [6, 6.07) is 3.67. The Morgan fingerprint density at radius 3 is 3.14 bits per heavy atom. The first kappa shape index (κ1) is 10.5. The minimum atomic E-state index is -0.153. The molecule has 0 amide bonds. The standard InChI is InChI=1S/C9H14N4O/c1-7(9(10)13-14)12-6-8-3-2-4-11-5-8/h2-5,7,12,14H,6H2,1H3,(H2,10,13). The zero-order valence-corrected chi connectivity index (χ0v) is 8.01. The van der Waals surface area contributed by atoms with Gasteiger partial charge in [0.25, 0.3) is 0 Å². The van der Waals surface area contributed by atoms with Gasteiger partial charge in [0.1, 0.15) is 0 Å². The number of hydrogen-bond donors (Lipinski definition) is 3. The maximum atomic E-state index is 8.41. The number of oxime groups is 1. The molecule has 4 N–H and O–H groups in total. The van der Waals surface area contributed by atoms with E-state index in [1.54, 1.807) is 12.4 Å². The summed E-state index contributed by atoms with van der Waals surface area (Å²) in [4.78, 5) is 3.98. The smallest absolute Gasteiger partial charge is 0.156 e. The van der Waals surface area contributed by atoms with Crippen LogP contribution in [-0.2, 0) is 6.54 Å². The van der Waals surface area contributed by atoms with Crippen LogP contribution in [0.5, 0.6) is 0 Å². The van der Waals surface area contributed by atoms with Crippen molar-refractivity contribution in [2.24, 2.45) is 10.9 Å². The number of nitrogens with one attached hydrogen (secondary N) is 1. The Kier molecular flexibility index (Phi) is 3.87. The van der Waals surface area contributed by atoms with E-state index >= 15 is 0 Å². The number of aromatic nitrogens is 1. The van der Waals surface area contributed by atoms with Gasteiger partial charge >= 0.3 is 0 Å². The lowest BCUT2D eigenvalue weighted by molar-refractivity contribution is 0.315. The van der Waals surface area contributed by atoms with E-state index < -0.39 is 0 Å². The number of nitrogens with zero attached hydrogens (tertiary/aromatic N) is 2. The Morgan fingerprint density at radius 2 is 2.57 bits per heavy atom. The molecule has 1 unspecified atom stereocenters. The van der Waals surface area contributed by atoms with Gasteiger partial charge in [-0.2, -0.15) is 0 Å². The minimum Gasteiger partial charge on any atom is -0.409 e. The van der Waals surface area contributed by atoms with Crippen molar-refractivity contribution >= 4 is 5.84 Å². The first-order valence-electron chi connectivity index (χ1n) is 4.33. The van der Waals surface area contributed by atoms with Crippen molar-refractivity contribution in [3.05, 3.63) is 30.1 Å². The Morgan fingerprint density at radius 1 is 1.79 bits per heavy atom. The van der Waals surface area contributed by atoms with Crippen molar-refractivity contribution in [1.29, 1.82) is 0 Å². The highest BCUT2D eigenvalue weighted by molar-refractivity contribution is 5.84. The normalized spacial score (nSPS) is 13.9. The van der Waals surface area contributed by atoms with Crippen molar-refractivity contribution in [2.45, 2.75) is 19.5 Å². The van der Waals surface area contributed by atoms with E-state index in [0.717, 1.165) is 5.56 Å². The topological polar surface area (TPSA) is 83.5 Å². The van der Waals surface area contributed by atoms with Crippen molar-refractivity contribution in [3.8, 4) is 0 Å². The second-order valence-corrected chi connectivity index (χ2v) is 2.99. The molecule has 0 aliphatic rings. The highest BCUT2D eigenvalue weighted by Crippen LogP contribution is 1.95. The van der Waals surface area contributed by atoms with E-state index in [4.69, 9.17) is 10.9 Å². The number of hydrogen-bond acceptors (Lipinski definition) is 4. The second kappa shape index (κ2) is 5.18. The lowest BCUT2D eigenvalue weighted by atomic mass is 10.2. The Hall–Kier alpha value is -1.62. The first-order chi connectivity index (χ1) is 6.74. The Balaban J connectivity index is 2.42. The van der Waals surface area contributed by atoms with Crippen LogP contribution in [0, 0.1) is 0 Å². The van der Waals surface area contributed by atoms with Gasteiger partial charge in [-0.25, -0.2) is 0 Å². The van der Waals surface area contributed by atoms with Gasteiger partial charge in [-0.1, -0.05) is 11.2 Å². The van der Waals surface area contributed by atoms with E-state index in [-0.39, 0.29) is 11.9 Å². The highest BCUT2D eigenvalue weighted by Gasteiger charge is 2.05. The van der Waals surface area contributed by atoms with Crippen LogP contribution >= 0.6 is 0 Å². The van der Waals surface area contributed by atoms with Crippen LogP contribution in [0.4, 0.5) is 0 Å². The van der Waals surface area contributed by atoms with Crippen LogP contribution in [0.25, 0.3) is 0 Å². The summed E-state index contributed by atoms with van der Waals surface area (Å²) in [6.07, 6.45) is 3.49. The SMILES string of the molecule is CC(NCc1cccnc1)C(N)=NO. The first-order valence-corrected chi connectivity index (χ1v) is 4.33. The molecule has 0 aliphatic carbocycles. The van der Waals surface area contributed by atoms with E-state index in [1.807, 2.05) is 19.1 Å². The molecule has 1 aromatic rings. The fourth-order valence-corrected chi connectivity index (χ4v) is 0.965. The Bertz CT molecular complexity index is 299. The summed E-state index contributed by atoms with van der Waals surface area (Å²) in [5.74, 6) is 0.175. The molecule has 5 nitrogen and oxygen atoms in total. The number of rotatable bonds is 4. The molecule has 0 spiro atoms. The van der Waals surface area contributed by atoms with Gasteiger partial charge in [0.15, 0.2) is 5.84 Å². The molecular formula is C9H14N4O. The number of amidine groups is 1. The van der Waals surface area contributed by atoms with Gasteiger partial charge in [-0.05, 0) is 18.6 Å². The molecule has 0 aliphatic heterocycles. The van der Waals surface area contributed by atoms with E-state index in [1.165, 1.54) is 0 Å². The summed E-state index contributed by atoms with van der Waals surface area (Å²) in [5.41, 5.74) is 6.46. The number of nitrogens with two attached hydrogens (primary N) is 1. The third-order valence-corrected chi connectivity index (χ3v) is 1.89. The summed E-state index contributed by atoms with van der Waals surface area (Å²) in [5, 5.41) is 14.4. The quantitative estimate of drug-likeness (QED) is 0.279. The predicted octanol–water partition coefficient (Wildman–Crippen LogP) is 0.306. The van der Waals surface area contributed by atoms with Crippen molar-refractivity contribution in [1.82, 2.24) is 10.3 Å². The fraction of sp³-hybridized carbons (Fsp3) is 0.333.